The van der Waals surface area contributed by atoms with Crippen LogP contribution in [0.4, 0.5) is 0 Å². The number of hydrogen-bond donors (Lipinski definition) is 2. The van der Waals surface area contributed by atoms with Gasteiger partial charge in [-0.05, 0) is 96.2 Å². The molecule has 8 heterocycles. The predicted octanol–water partition coefficient (Wildman–Crippen LogP) is 10.5. The third-order valence-electron chi connectivity index (χ3n) is 19.0. The maximum Gasteiger partial charge on any atom is 0.335 e. The molecule has 4 saturated heterocycles. The maximum absolute atomic E-state index is 14.2. The summed E-state index contributed by atoms with van der Waals surface area (Å²) in [5.41, 5.74) is 12.6. The summed E-state index contributed by atoms with van der Waals surface area (Å²) in [6.07, 6.45) is 18.3. The van der Waals surface area contributed by atoms with Crippen LogP contribution in [0.15, 0.2) is 96.1 Å². The van der Waals surface area contributed by atoms with E-state index in [0.717, 1.165) is 104 Å². The Morgan fingerprint density at radius 3 is 1.38 bits per heavy atom. The molecule has 17 nitrogen and oxygen atoms in total. The van der Waals surface area contributed by atoms with E-state index in [1.165, 1.54) is 50.9 Å². The van der Waals surface area contributed by atoms with Gasteiger partial charge in [-0.2, -0.15) is 12.7 Å². The largest absolute Gasteiger partial charge is 0.478 e. The molecule has 14 rings (SSSR count). The number of amides is 3. The number of benzene rings is 4. The van der Waals surface area contributed by atoms with Gasteiger partial charge in [-0.25, -0.2) is 9.52 Å². The number of hydrogen-bond acceptors (Lipinski definition) is 10. The van der Waals surface area contributed by atoms with Gasteiger partial charge in [0.25, 0.3) is 17.7 Å². The van der Waals surface area contributed by atoms with E-state index in [-0.39, 0.29) is 22.9 Å². The fourth-order valence-electron chi connectivity index (χ4n) is 14.6. The number of carboxylic acids is 1. The van der Waals surface area contributed by atoms with Crippen LogP contribution in [0.1, 0.15) is 145 Å². The van der Waals surface area contributed by atoms with Crippen LogP contribution >= 0.6 is 0 Å². The highest BCUT2D eigenvalue weighted by molar-refractivity contribution is 7.87. The zero-order chi connectivity index (χ0) is 57.9. The average Bonchev–Trinajstić information content (AvgIpc) is 1.86. The highest BCUT2D eigenvalue weighted by Gasteiger charge is 2.43. The van der Waals surface area contributed by atoms with E-state index in [1.807, 2.05) is 46.2 Å². The molecule has 2 aliphatic carbocycles. The zero-order valence-corrected chi connectivity index (χ0v) is 48.9. The Kier molecular flexibility index (Phi) is 15.3. The molecule has 3 amide bonds. The molecule has 2 N–H and O–H groups in total. The van der Waals surface area contributed by atoms with Crippen LogP contribution in [0, 0.1) is 0 Å². The van der Waals surface area contributed by atoms with E-state index in [4.69, 9.17) is 18.9 Å². The molecule has 440 valence electrons. The number of nitrogens with zero attached hydrogens (tertiary/aromatic N) is 5. The van der Waals surface area contributed by atoms with Crippen molar-refractivity contribution in [2.45, 2.75) is 126 Å². The van der Waals surface area contributed by atoms with Crippen molar-refractivity contribution in [3.63, 3.8) is 0 Å². The quantitative estimate of drug-likeness (QED) is 0.147. The molecule has 6 fully saturated rings. The van der Waals surface area contributed by atoms with Crippen molar-refractivity contribution in [1.82, 2.24) is 28.0 Å². The Labute approximate surface area is 490 Å². The number of aromatic carboxylic acids is 1. The van der Waals surface area contributed by atoms with Crippen molar-refractivity contribution in [3.05, 3.63) is 129 Å². The van der Waals surface area contributed by atoms with E-state index in [9.17, 15) is 32.7 Å². The molecule has 0 radical (unpaired) electrons. The minimum Gasteiger partial charge on any atom is -0.478 e. The van der Waals surface area contributed by atoms with Crippen molar-refractivity contribution in [2.24, 2.45) is 0 Å². The second-order valence-corrected chi connectivity index (χ2v) is 26.1. The SMILES string of the molecule is CN(C)S(=O)(=O)NC(=O)c1ccc2c(C3CCCCC3)c3n(c2c1)CC(C(=O)N1CCC2(CC1)OCCO2)=Cc1ccccc1-3.O=C(O)c1ccc2c(C3CCCCC3)c3n(c2c1)CC(C(=O)N1CCC2(CC1)OCCO2)=Cc1ccccc1-3. The zero-order valence-electron chi connectivity index (χ0n) is 48.0. The number of rotatable bonds is 8. The summed E-state index contributed by atoms with van der Waals surface area (Å²) in [5, 5.41) is 12.0. The number of carbonyl (C=O) groups is 4. The Morgan fingerprint density at radius 1 is 0.560 bits per heavy atom. The third-order valence-corrected chi connectivity index (χ3v) is 20.4. The first-order chi connectivity index (χ1) is 40.7. The minimum atomic E-state index is -3.96. The van der Waals surface area contributed by atoms with Gasteiger partial charge in [-0.3, -0.25) is 14.4 Å². The summed E-state index contributed by atoms with van der Waals surface area (Å²) in [7, 11) is -1.21. The lowest BCUT2D eigenvalue weighted by molar-refractivity contribution is -0.187. The van der Waals surface area contributed by atoms with Gasteiger partial charge in [0, 0.05) is 116 Å². The van der Waals surface area contributed by atoms with Crippen LogP contribution in [-0.2, 0) is 51.8 Å². The van der Waals surface area contributed by atoms with Crippen LogP contribution in [0.3, 0.4) is 0 Å². The molecule has 84 heavy (non-hydrogen) atoms. The number of carboxylic acid groups (broad SMARTS) is 1. The van der Waals surface area contributed by atoms with Crippen molar-refractivity contribution < 1.29 is 51.6 Å². The number of piperidine rings is 2. The first kappa shape index (κ1) is 56.2. The third kappa shape index (κ3) is 10.5. The van der Waals surface area contributed by atoms with Gasteiger partial charge >= 0.3 is 16.2 Å². The average molecular weight is 1160 g/mol. The normalized spacial score (nSPS) is 20.5. The summed E-state index contributed by atoms with van der Waals surface area (Å²) in [6.45, 7) is 5.42. The summed E-state index contributed by atoms with van der Waals surface area (Å²) < 4.78 is 56.0. The Bertz CT molecular complexity index is 3760. The second-order valence-electron chi connectivity index (χ2n) is 24.2. The molecule has 6 aliphatic heterocycles. The molecular formula is C66H74N6O11S. The number of ether oxygens (including phenoxy) is 4. The molecule has 6 aromatic rings. The van der Waals surface area contributed by atoms with Crippen LogP contribution in [0.5, 0.6) is 0 Å². The molecule has 0 atom stereocenters. The minimum absolute atomic E-state index is 0.0162. The molecule has 2 spiro atoms. The Hall–Kier alpha value is -6.93. The fraction of sp³-hybridized carbons (Fsp3) is 0.455. The second kappa shape index (κ2) is 22.8. The van der Waals surface area contributed by atoms with Gasteiger partial charge in [-0.15, -0.1) is 0 Å². The van der Waals surface area contributed by atoms with Gasteiger partial charge in [0.15, 0.2) is 11.6 Å². The van der Waals surface area contributed by atoms with Crippen molar-refractivity contribution in [2.75, 3.05) is 66.7 Å². The predicted molar refractivity (Wildman–Crippen MR) is 320 cm³/mol. The van der Waals surface area contributed by atoms with Crippen molar-refractivity contribution in [3.8, 4) is 22.5 Å². The maximum atomic E-state index is 14.2. The summed E-state index contributed by atoms with van der Waals surface area (Å²) in [4.78, 5) is 57.2. The summed E-state index contributed by atoms with van der Waals surface area (Å²) >= 11 is 0. The number of nitrogens with one attached hydrogen (secondary N) is 1. The van der Waals surface area contributed by atoms with Gasteiger partial charge in [0.05, 0.1) is 56.5 Å². The summed E-state index contributed by atoms with van der Waals surface area (Å²) in [5.74, 6) is -1.96. The highest BCUT2D eigenvalue weighted by atomic mass is 32.2. The molecular weight excluding hydrogens is 1080 g/mol. The van der Waals surface area contributed by atoms with E-state index in [1.54, 1.807) is 24.3 Å². The van der Waals surface area contributed by atoms with E-state index in [2.05, 4.69) is 50.3 Å². The van der Waals surface area contributed by atoms with Crippen LogP contribution < -0.4 is 4.72 Å². The molecule has 0 bridgehead atoms. The van der Waals surface area contributed by atoms with Gasteiger partial charge in [0.1, 0.15) is 0 Å². The molecule has 8 aliphatic rings. The van der Waals surface area contributed by atoms with Gasteiger partial charge in [0.2, 0.25) is 0 Å². The standard InChI is InChI=1S/C34H40N4O6S.C32H34N2O5/c1-36(2)45(41,42)35-32(39)25-12-13-28-29(21-25)38-22-26(33(40)37-16-14-34(15-17-37)43-18-19-44-34)20-24-10-6-7-11-27(24)31(38)30(28)23-8-4-3-5-9-23;35-30(33-14-12-32(13-15-33)38-16-17-39-32)24-18-22-8-4-5-9-25(22)29-28(21-6-2-1-3-7-21)26-11-10-23(31(36)37)19-27(26)34(29)20-24/h6-7,10-13,20-21,23H,3-5,8-9,14-19,22H2,1-2H3,(H,35,39);4-5,8-11,18-19,21H,1-3,6-7,12-17,20H2,(H,36,37). The van der Waals surface area contributed by atoms with Crippen LogP contribution in [-0.4, -0.2) is 139 Å². The topological polar surface area (TPSA) is 191 Å². The Morgan fingerprint density at radius 2 is 0.964 bits per heavy atom. The number of fused-ring (bicyclic) bond motifs is 10. The molecule has 0 unspecified atom stereocenters. The number of carbonyl (C=O) groups excluding carboxylic acids is 3. The van der Waals surface area contributed by atoms with E-state index >= 15 is 0 Å². The highest BCUT2D eigenvalue weighted by Crippen LogP contribution is 2.49. The fourth-order valence-corrected chi connectivity index (χ4v) is 15.2. The first-order valence-electron chi connectivity index (χ1n) is 30.2. The number of likely N-dealkylation sites (tertiary alicyclic amines) is 2. The van der Waals surface area contributed by atoms with E-state index < -0.39 is 33.7 Å². The monoisotopic (exact) mass is 1160 g/mol. The Balaban J connectivity index is 0.000000158. The lowest BCUT2D eigenvalue weighted by Gasteiger charge is -2.37. The van der Waals surface area contributed by atoms with Crippen molar-refractivity contribution in [1.29, 1.82) is 0 Å². The molecule has 4 aromatic carbocycles. The lowest BCUT2D eigenvalue weighted by Crippen LogP contribution is -2.47. The van der Waals surface area contributed by atoms with Gasteiger partial charge in [-0.1, -0.05) is 99.2 Å². The summed E-state index contributed by atoms with van der Waals surface area (Å²) in [6, 6.07) is 27.5. The number of aromatic nitrogens is 2. The smallest absolute Gasteiger partial charge is 0.335 e. The molecule has 18 heteroatoms. The first-order valence-corrected chi connectivity index (χ1v) is 31.7. The lowest BCUT2D eigenvalue weighted by atomic mass is 9.81. The molecule has 2 saturated carbocycles. The molecule has 2 aromatic heterocycles. The van der Waals surface area contributed by atoms with Gasteiger partial charge < -0.3 is 43.0 Å². The van der Waals surface area contributed by atoms with Crippen LogP contribution in [0.2, 0.25) is 0 Å². The van der Waals surface area contributed by atoms with E-state index in [0.29, 0.717) is 109 Å². The van der Waals surface area contributed by atoms with Crippen LogP contribution in [0.25, 0.3) is 56.5 Å². The van der Waals surface area contributed by atoms with Crippen molar-refractivity contribution >= 4 is 67.9 Å².